The molecule has 0 unspecified atom stereocenters. The zero-order valence-corrected chi connectivity index (χ0v) is 11.5. The van der Waals surface area contributed by atoms with E-state index in [0.717, 1.165) is 12.8 Å². The molecule has 0 atom stereocenters. The van der Waals surface area contributed by atoms with E-state index >= 15 is 0 Å². The molecule has 102 valence electrons. The number of hydrogen-bond donors (Lipinski definition) is 3. The van der Waals surface area contributed by atoms with E-state index in [1.807, 2.05) is 0 Å². The quantitative estimate of drug-likeness (QED) is 0.586. The highest BCUT2D eigenvalue weighted by Crippen LogP contribution is 2.20. The van der Waals surface area contributed by atoms with Crippen molar-refractivity contribution in [3.63, 3.8) is 0 Å². The van der Waals surface area contributed by atoms with Gasteiger partial charge < -0.3 is 15.7 Å². The minimum Gasteiger partial charge on any atom is -0.384 e. The number of carbonyl (C=O) groups is 1. The van der Waals surface area contributed by atoms with Gasteiger partial charge in [0.2, 0.25) is 0 Å². The predicted octanol–water partition coefficient (Wildman–Crippen LogP) is 2.61. The van der Waals surface area contributed by atoms with Crippen molar-refractivity contribution in [1.82, 2.24) is 5.32 Å². The van der Waals surface area contributed by atoms with Gasteiger partial charge in [0.1, 0.15) is 6.61 Å². The molecule has 0 aliphatic carbocycles. The Kier molecular flexibility index (Phi) is 6.80. The number of rotatable bonds is 4. The highest BCUT2D eigenvalue weighted by Gasteiger charge is 2.05. The lowest BCUT2D eigenvalue weighted by atomic mass is 10.2. The number of halogens is 1. The molecule has 5 heteroatoms. The zero-order valence-electron chi connectivity index (χ0n) is 10.8. The molecule has 19 heavy (non-hydrogen) atoms. The van der Waals surface area contributed by atoms with Gasteiger partial charge in [-0.25, -0.2) is 4.79 Å². The van der Waals surface area contributed by atoms with Crippen molar-refractivity contribution < 1.29 is 9.90 Å². The van der Waals surface area contributed by atoms with Crippen LogP contribution in [0.25, 0.3) is 0 Å². The number of unbranched alkanes of at least 4 members (excludes halogenated alkanes) is 1. The fourth-order valence-corrected chi connectivity index (χ4v) is 1.58. The highest BCUT2D eigenvalue weighted by atomic mass is 35.5. The minimum absolute atomic E-state index is 0.231. The first kappa shape index (κ1) is 15.4. The smallest absolute Gasteiger partial charge is 0.319 e. The molecule has 0 saturated heterocycles. The van der Waals surface area contributed by atoms with Crippen molar-refractivity contribution in [1.29, 1.82) is 0 Å². The summed E-state index contributed by atoms with van der Waals surface area (Å²) in [6.45, 7) is 2.45. The molecule has 0 aliphatic heterocycles. The molecule has 0 fully saturated rings. The third kappa shape index (κ3) is 5.64. The van der Waals surface area contributed by atoms with E-state index in [1.54, 1.807) is 18.2 Å². The summed E-state index contributed by atoms with van der Waals surface area (Å²) in [5, 5.41) is 14.7. The number of urea groups is 1. The minimum atomic E-state index is -0.289. The van der Waals surface area contributed by atoms with Crippen LogP contribution in [-0.4, -0.2) is 24.3 Å². The Morgan fingerprint density at radius 3 is 2.95 bits per heavy atom. The molecule has 3 N–H and O–H groups in total. The SMILES string of the molecule is CCCCNC(=O)Nc1cc(Cl)ccc1C#CCO. The molecule has 4 nitrogen and oxygen atoms in total. The second kappa shape index (κ2) is 8.41. The van der Waals surface area contributed by atoms with Crippen LogP contribution in [0.15, 0.2) is 18.2 Å². The van der Waals surface area contributed by atoms with Gasteiger partial charge >= 0.3 is 6.03 Å². The van der Waals surface area contributed by atoms with Gasteiger partial charge in [0, 0.05) is 17.1 Å². The van der Waals surface area contributed by atoms with Crippen LogP contribution < -0.4 is 10.6 Å². The summed E-state index contributed by atoms with van der Waals surface area (Å²) in [4.78, 5) is 11.7. The molecule has 0 aliphatic rings. The third-order valence-electron chi connectivity index (χ3n) is 2.35. The van der Waals surface area contributed by atoms with Crippen molar-refractivity contribution in [2.45, 2.75) is 19.8 Å². The van der Waals surface area contributed by atoms with Gasteiger partial charge in [0.25, 0.3) is 0 Å². The number of aliphatic hydroxyl groups excluding tert-OH is 1. The summed E-state index contributed by atoms with van der Waals surface area (Å²) in [5.41, 5.74) is 1.14. The molecule has 0 spiro atoms. The molecule has 0 bridgehead atoms. The van der Waals surface area contributed by atoms with Gasteiger partial charge in [-0.05, 0) is 24.6 Å². The number of nitrogens with one attached hydrogen (secondary N) is 2. The first-order valence-electron chi connectivity index (χ1n) is 6.11. The Labute approximate surface area is 118 Å². The van der Waals surface area contributed by atoms with Crippen molar-refractivity contribution in [2.75, 3.05) is 18.5 Å². The van der Waals surface area contributed by atoms with Crippen LogP contribution in [0.3, 0.4) is 0 Å². The van der Waals surface area contributed by atoms with Crippen LogP contribution in [0.1, 0.15) is 25.3 Å². The topological polar surface area (TPSA) is 61.4 Å². The molecular formula is C14H17ClN2O2. The zero-order chi connectivity index (χ0) is 14.1. The second-order valence-corrected chi connectivity index (χ2v) is 4.32. The predicted molar refractivity (Wildman–Crippen MR) is 77.3 cm³/mol. The maximum absolute atomic E-state index is 11.7. The maximum atomic E-state index is 11.7. The van der Waals surface area contributed by atoms with Crippen LogP contribution in [0.5, 0.6) is 0 Å². The molecule has 0 radical (unpaired) electrons. The lowest BCUT2D eigenvalue weighted by Crippen LogP contribution is -2.29. The number of amides is 2. The standard InChI is InChI=1S/C14H17ClN2O2/c1-2-3-8-16-14(19)17-13-10-12(15)7-6-11(13)5-4-9-18/h6-7,10,18H,2-3,8-9H2,1H3,(H2,16,17,19). The summed E-state index contributed by atoms with van der Waals surface area (Å²) in [5.74, 6) is 5.30. The van der Waals surface area contributed by atoms with E-state index in [0.29, 0.717) is 22.8 Å². The van der Waals surface area contributed by atoms with Crippen molar-refractivity contribution in [3.05, 3.63) is 28.8 Å². The molecule has 0 heterocycles. The summed E-state index contributed by atoms with van der Waals surface area (Å²) < 4.78 is 0. The van der Waals surface area contributed by atoms with E-state index in [4.69, 9.17) is 16.7 Å². The van der Waals surface area contributed by atoms with Crippen LogP contribution >= 0.6 is 11.6 Å². The van der Waals surface area contributed by atoms with Crippen molar-refractivity contribution in [3.8, 4) is 11.8 Å². The Balaban J connectivity index is 2.75. The van der Waals surface area contributed by atoms with Gasteiger partial charge in [-0.15, -0.1) is 0 Å². The molecule has 1 aromatic rings. The van der Waals surface area contributed by atoms with Gasteiger partial charge in [-0.2, -0.15) is 0 Å². The second-order valence-electron chi connectivity index (χ2n) is 3.88. The van der Waals surface area contributed by atoms with Crippen molar-refractivity contribution in [2.24, 2.45) is 0 Å². The number of aliphatic hydroxyl groups is 1. The van der Waals surface area contributed by atoms with Crippen LogP contribution in [-0.2, 0) is 0 Å². The molecule has 1 rings (SSSR count). The van der Waals surface area contributed by atoms with Gasteiger partial charge in [0.15, 0.2) is 0 Å². The molecule has 0 aromatic heterocycles. The van der Waals surface area contributed by atoms with Crippen LogP contribution in [0.4, 0.5) is 10.5 Å². The molecule has 1 aromatic carbocycles. The molecule has 2 amide bonds. The molecular weight excluding hydrogens is 264 g/mol. The number of benzene rings is 1. The average molecular weight is 281 g/mol. The maximum Gasteiger partial charge on any atom is 0.319 e. The Hall–Kier alpha value is -1.70. The lowest BCUT2D eigenvalue weighted by Gasteiger charge is -2.09. The monoisotopic (exact) mass is 280 g/mol. The lowest BCUT2D eigenvalue weighted by molar-refractivity contribution is 0.252. The number of carbonyl (C=O) groups excluding carboxylic acids is 1. The van der Waals surface area contributed by atoms with Crippen LogP contribution in [0.2, 0.25) is 5.02 Å². The summed E-state index contributed by atoms with van der Waals surface area (Å²) in [7, 11) is 0. The van der Waals surface area contributed by atoms with Crippen LogP contribution in [0, 0.1) is 11.8 Å². The summed E-state index contributed by atoms with van der Waals surface area (Å²) in [6, 6.07) is 4.72. The Morgan fingerprint density at radius 1 is 1.47 bits per heavy atom. The third-order valence-corrected chi connectivity index (χ3v) is 2.58. The van der Waals surface area contributed by atoms with Gasteiger partial charge in [0.05, 0.1) is 5.69 Å². The Morgan fingerprint density at radius 2 is 2.26 bits per heavy atom. The van der Waals surface area contributed by atoms with Gasteiger partial charge in [-0.1, -0.05) is 36.8 Å². The van der Waals surface area contributed by atoms with E-state index in [9.17, 15) is 4.79 Å². The largest absolute Gasteiger partial charge is 0.384 e. The molecule has 0 saturated carbocycles. The van der Waals surface area contributed by atoms with E-state index < -0.39 is 0 Å². The number of anilines is 1. The van der Waals surface area contributed by atoms with Crippen molar-refractivity contribution >= 4 is 23.3 Å². The average Bonchev–Trinajstić information content (AvgIpc) is 2.38. The fourth-order valence-electron chi connectivity index (χ4n) is 1.41. The fraction of sp³-hybridized carbons (Fsp3) is 0.357. The Bertz CT molecular complexity index is 492. The van der Waals surface area contributed by atoms with E-state index in [-0.39, 0.29) is 12.6 Å². The number of hydrogen-bond acceptors (Lipinski definition) is 2. The first-order chi connectivity index (χ1) is 9.17. The highest BCUT2D eigenvalue weighted by molar-refractivity contribution is 6.31. The first-order valence-corrected chi connectivity index (χ1v) is 6.49. The normalized spacial score (nSPS) is 9.42. The van der Waals surface area contributed by atoms with E-state index in [2.05, 4.69) is 29.4 Å². The van der Waals surface area contributed by atoms with E-state index in [1.165, 1.54) is 0 Å². The van der Waals surface area contributed by atoms with Gasteiger partial charge in [-0.3, -0.25) is 0 Å². The summed E-state index contributed by atoms with van der Waals surface area (Å²) >= 11 is 5.89. The summed E-state index contributed by atoms with van der Waals surface area (Å²) in [6.07, 6.45) is 1.95.